The Morgan fingerprint density at radius 3 is 2.07 bits per heavy atom. The summed E-state index contributed by atoms with van der Waals surface area (Å²) in [4.78, 5) is 22.2. The minimum Gasteiger partial charge on any atom is -0.400 e. The summed E-state index contributed by atoms with van der Waals surface area (Å²) < 4.78 is 0.750. The van der Waals surface area contributed by atoms with Crippen molar-refractivity contribution in [3.8, 4) is 10.4 Å². The Bertz CT molecular complexity index is 929. The van der Waals surface area contributed by atoms with E-state index in [0.29, 0.717) is 27.5 Å². The highest BCUT2D eigenvalue weighted by atomic mass is 35.5. The van der Waals surface area contributed by atoms with Crippen molar-refractivity contribution >= 4 is 64.4 Å². The van der Waals surface area contributed by atoms with Gasteiger partial charge in [0.2, 0.25) is 0 Å². The molecular formula is C20H18Cl3NO3S. The first kappa shape index (κ1) is 24.1. The van der Waals surface area contributed by atoms with Crippen LogP contribution in [0.5, 0.6) is 0 Å². The Kier molecular flexibility index (Phi) is 10.8. The second-order valence-electron chi connectivity index (χ2n) is 5.06. The molecule has 0 bridgehead atoms. The molecule has 0 amide bonds. The fourth-order valence-corrected chi connectivity index (χ4v) is 3.60. The SMILES string of the molecule is CNc1ccc(-c2ccc(Cl)s2)cc1C=O.CO.O=Cc1ccc(Cl)cc1Cl. The van der Waals surface area contributed by atoms with E-state index in [1.807, 2.05) is 30.3 Å². The van der Waals surface area contributed by atoms with E-state index < -0.39 is 0 Å². The first-order valence-electron chi connectivity index (χ1n) is 7.86. The molecule has 4 nitrogen and oxygen atoms in total. The maximum atomic E-state index is 10.9. The van der Waals surface area contributed by atoms with Gasteiger partial charge in [-0.3, -0.25) is 9.59 Å². The summed E-state index contributed by atoms with van der Waals surface area (Å²) in [6.45, 7) is 0. The van der Waals surface area contributed by atoms with Gasteiger partial charge in [-0.25, -0.2) is 0 Å². The van der Waals surface area contributed by atoms with Gasteiger partial charge in [0.05, 0.1) is 9.36 Å². The van der Waals surface area contributed by atoms with Gasteiger partial charge in [-0.1, -0.05) is 40.9 Å². The van der Waals surface area contributed by atoms with Gasteiger partial charge in [-0.05, 0) is 48.0 Å². The van der Waals surface area contributed by atoms with Crippen LogP contribution in [0.2, 0.25) is 14.4 Å². The molecular weight excluding hydrogens is 441 g/mol. The first-order valence-corrected chi connectivity index (χ1v) is 9.81. The van der Waals surface area contributed by atoms with Crippen molar-refractivity contribution in [1.82, 2.24) is 0 Å². The largest absolute Gasteiger partial charge is 0.400 e. The van der Waals surface area contributed by atoms with Crippen molar-refractivity contribution in [1.29, 1.82) is 0 Å². The molecule has 0 aliphatic carbocycles. The Labute approximate surface area is 182 Å². The number of aliphatic hydroxyl groups excluding tert-OH is 1. The van der Waals surface area contributed by atoms with Crippen LogP contribution in [-0.4, -0.2) is 31.8 Å². The average Bonchev–Trinajstić information content (AvgIpc) is 3.16. The lowest BCUT2D eigenvalue weighted by Crippen LogP contribution is -1.94. The van der Waals surface area contributed by atoms with E-state index in [4.69, 9.17) is 39.9 Å². The zero-order valence-electron chi connectivity index (χ0n) is 15.1. The lowest BCUT2D eigenvalue weighted by Gasteiger charge is -2.05. The van der Waals surface area contributed by atoms with Crippen LogP contribution in [0.15, 0.2) is 48.5 Å². The number of nitrogens with one attached hydrogen (secondary N) is 1. The van der Waals surface area contributed by atoms with Crippen LogP contribution in [0.1, 0.15) is 20.7 Å². The van der Waals surface area contributed by atoms with Crippen molar-refractivity contribution < 1.29 is 14.7 Å². The summed E-state index contributed by atoms with van der Waals surface area (Å²) in [6.07, 6.45) is 1.54. The third kappa shape index (κ3) is 6.93. The number of halogens is 3. The van der Waals surface area contributed by atoms with E-state index in [0.717, 1.165) is 33.9 Å². The van der Waals surface area contributed by atoms with Crippen LogP contribution in [0.25, 0.3) is 10.4 Å². The molecule has 0 aliphatic heterocycles. The van der Waals surface area contributed by atoms with E-state index in [9.17, 15) is 9.59 Å². The lowest BCUT2D eigenvalue weighted by atomic mass is 10.1. The number of carbonyl (C=O) groups is 2. The van der Waals surface area contributed by atoms with E-state index in [1.54, 1.807) is 19.2 Å². The monoisotopic (exact) mass is 457 g/mol. The Hall–Kier alpha value is -1.89. The number of hydrogen-bond donors (Lipinski definition) is 2. The summed E-state index contributed by atoms with van der Waals surface area (Å²) >= 11 is 18.6. The number of aldehydes is 2. The van der Waals surface area contributed by atoms with Crippen LogP contribution >= 0.6 is 46.1 Å². The van der Waals surface area contributed by atoms with E-state index in [2.05, 4.69) is 5.32 Å². The van der Waals surface area contributed by atoms with Gasteiger partial charge in [-0.15, -0.1) is 11.3 Å². The van der Waals surface area contributed by atoms with Crippen molar-refractivity contribution in [3.05, 3.63) is 74.0 Å². The van der Waals surface area contributed by atoms with Gasteiger partial charge in [0.15, 0.2) is 12.6 Å². The molecule has 3 rings (SSSR count). The number of benzene rings is 2. The summed E-state index contributed by atoms with van der Waals surface area (Å²) in [5, 5.41) is 10.9. The molecule has 0 atom stereocenters. The van der Waals surface area contributed by atoms with Crippen LogP contribution in [-0.2, 0) is 0 Å². The van der Waals surface area contributed by atoms with E-state index in [-0.39, 0.29) is 0 Å². The maximum absolute atomic E-state index is 10.9. The molecule has 2 aromatic carbocycles. The van der Waals surface area contributed by atoms with Gasteiger partial charge in [-0.2, -0.15) is 0 Å². The van der Waals surface area contributed by atoms with Gasteiger partial charge in [0.1, 0.15) is 0 Å². The van der Waals surface area contributed by atoms with Crippen LogP contribution in [0.4, 0.5) is 5.69 Å². The van der Waals surface area contributed by atoms with E-state index >= 15 is 0 Å². The number of aliphatic hydroxyl groups is 1. The minimum absolute atomic E-state index is 0.391. The Balaban J connectivity index is 0.000000281. The molecule has 0 radical (unpaired) electrons. The molecule has 1 aromatic heterocycles. The Morgan fingerprint density at radius 2 is 1.57 bits per heavy atom. The molecule has 148 valence electrons. The maximum Gasteiger partial charge on any atom is 0.152 e. The summed E-state index contributed by atoms with van der Waals surface area (Å²) in [5.41, 5.74) is 2.97. The third-order valence-electron chi connectivity index (χ3n) is 3.40. The predicted octanol–water partition coefficient (Wildman–Crippen LogP) is 6.34. The van der Waals surface area contributed by atoms with Crippen LogP contribution < -0.4 is 5.32 Å². The fourth-order valence-electron chi connectivity index (χ4n) is 2.11. The zero-order valence-corrected chi connectivity index (χ0v) is 18.2. The third-order valence-corrected chi connectivity index (χ3v) is 5.24. The highest BCUT2D eigenvalue weighted by molar-refractivity contribution is 7.19. The molecule has 0 saturated heterocycles. The molecule has 0 fully saturated rings. The Morgan fingerprint density at radius 1 is 0.893 bits per heavy atom. The molecule has 8 heteroatoms. The van der Waals surface area contributed by atoms with Crippen LogP contribution in [0.3, 0.4) is 0 Å². The molecule has 0 spiro atoms. The second kappa shape index (κ2) is 12.5. The highest BCUT2D eigenvalue weighted by Gasteiger charge is 2.05. The van der Waals surface area contributed by atoms with Crippen molar-refractivity contribution in [3.63, 3.8) is 0 Å². The molecule has 0 unspecified atom stereocenters. The quantitative estimate of drug-likeness (QED) is 0.448. The topological polar surface area (TPSA) is 66.4 Å². The zero-order chi connectivity index (χ0) is 21.1. The van der Waals surface area contributed by atoms with Gasteiger partial charge in [0, 0.05) is 40.9 Å². The number of carbonyl (C=O) groups excluding carboxylic acids is 2. The molecule has 0 saturated carbocycles. The molecule has 3 aromatic rings. The lowest BCUT2D eigenvalue weighted by molar-refractivity contribution is 0.111. The first-order chi connectivity index (χ1) is 13.5. The summed E-state index contributed by atoms with van der Waals surface area (Å²) in [5.74, 6) is 0. The van der Waals surface area contributed by atoms with Crippen molar-refractivity contribution in [2.75, 3.05) is 19.5 Å². The molecule has 1 heterocycles. The number of hydrogen-bond acceptors (Lipinski definition) is 5. The number of thiophene rings is 1. The highest BCUT2D eigenvalue weighted by Crippen LogP contribution is 2.32. The van der Waals surface area contributed by atoms with E-state index in [1.165, 1.54) is 17.4 Å². The van der Waals surface area contributed by atoms with Crippen LogP contribution in [0, 0.1) is 0 Å². The van der Waals surface area contributed by atoms with Crippen molar-refractivity contribution in [2.24, 2.45) is 0 Å². The van der Waals surface area contributed by atoms with Gasteiger partial charge in [0.25, 0.3) is 0 Å². The fraction of sp³-hybridized carbons (Fsp3) is 0.100. The second-order valence-corrected chi connectivity index (χ2v) is 7.62. The number of rotatable bonds is 4. The predicted molar refractivity (Wildman–Crippen MR) is 120 cm³/mol. The summed E-state index contributed by atoms with van der Waals surface area (Å²) in [6, 6.07) is 14.3. The summed E-state index contributed by atoms with van der Waals surface area (Å²) in [7, 11) is 2.80. The number of anilines is 1. The van der Waals surface area contributed by atoms with Gasteiger partial charge >= 0.3 is 0 Å². The van der Waals surface area contributed by atoms with Crippen molar-refractivity contribution in [2.45, 2.75) is 0 Å². The van der Waals surface area contributed by atoms with Gasteiger partial charge < -0.3 is 10.4 Å². The standard InChI is InChI=1S/C12H10ClNOS.C7H4Cl2O.CH4O/c1-14-10-3-2-8(6-9(10)7-15)11-4-5-12(13)16-11;8-6-2-1-5(4-10)7(9)3-6;1-2/h2-7,14H,1H3;1-4H;2H,1H3. The molecule has 2 N–H and O–H groups in total. The molecule has 28 heavy (non-hydrogen) atoms. The molecule has 0 aliphatic rings. The average molecular weight is 459 g/mol. The normalized spacial score (nSPS) is 9.36. The smallest absolute Gasteiger partial charge is 0.152 e. The minimum atomic E-state index is 0.391.